The predicted octanol–water partition coefficient (Wildman–Crippen LogP) is 5.13. The molecular formula is C25H23ClN4O2. The SMILES string of the molecule is Cc1ccc(C(=O)NC(C)c2nc3ccccc3n2CC(=O)Nc2ccccc2Cl)cc1. The van der Waals surface area contributed by atoms with Crippen LogP contribution < -0.4 is 10.6 Å². The topological polar surface area (TPSA) is 76.0 Å². The quantitative estimate of drug-likeness (QED) is 0.431. The Morgan fingerprint density at radius 1 is 1.00 bits per heavy atom. The monoisotopic (exact) mass is 446 g/mol. The minimum Gasteiger partial charge on any atom is -0.342 e. The maximum absolute atomic E-state index is 12.8. The molecule has 0 saturated carbocycles. The molecule has 0 bridgehead atoms. The molecule has 1 aromatic heterocycles. The Hall–Kier alpha value is -3.64. The molecule has 0 spiro atoms. The summed E-state index contributed by atoms with van der Waals surface area (Å²) in [6.45, 7) is 3.86. The Labute approximate surface area is 191 Å². The number of hydrogen-bond donors (Lipinski definition) is 2. The molecule has 4 rings (SSSR count). The van der Waals surface area contributed by atoms with E-state index in [0.717, 1.165) is 16.6 Å². The van der Waals surface area contributed by atoms with Crippen LogP contribution in [0.15, 0.2) is 72.8 Å². The first kappa shape index (κ1) is 21.6. The summed E-state index contributed by atoms with van der Waals surface area (Å²) in [5, 5.41) is 6.30. The number of halogens is 1. The largest absolute Gasteiger partial charge is 0.342 e. The van der Waals surface area contributed by atoms with Crippen molar-refractivity contribution in [3.8, 4) is 0 Å². The first-order chi connectivity index (χ1) is 15.4. The van der Waals surface area contributed by atoms with Gasteiger partial charge in [-0.3, -0.25) is 9.59 Å². The number of aryl methyl sites for hydroxylation is 1. The van der Waals surface area contributed by atoms with Crippen molar-refractivity contribution in [1.29, 1.82) is 0 Å². The van der Waals surface area contributed by atoms with Crippen LogP contribution in [0.2, 0.25) is 5.02 Å². The zero-order chi connectivity index (χ0) is 22.7. The molecule has 6 nitrogen and oxygen atoms in total. The number of carbonyl (C=O) groups excluding carboxylic acids is 2. The lowest BCUT2D eigenvalue weighted by molar-refractivity contribution is -0.116. The number of imidazole rings is 1. The second-order valence-corrected chi connectivity index (χ2v) is 8.04. The fourth-order valence-electron chi connectivity index (χ4n) is 3.54. The molecule has 0 aliphatic carbocycles. The third kappa shape index (κ3) is 4.65. The van der Waals surface area contributed by atoms with E-state index >= 15 is 0 Å². The van der Waals surface area contributed by atoms with Crippen LogP contribution in [-0.2, 0) is 11.3 Å². The number of para-hydroxylation sites is 3. The highest BCUT2D eigenvalue weighted by Gasteiger charge is 2.21. The third-order valence-electron chi connectivity index (χ3n) is 5.18. The molecule has 0 fully saturated rings. The highest BCUT2D eigenvalue weighted by atomic mass is 35.5. The van der Waals surface area contributed by atoms with Gasteiger partial charge in [0.2, 0.25) is 5.91 Å². The summed E-state index contributed by atoms with van der Waals surface area (Å²) >= 11 is 6.17. The molecule has 0 saturated heterocycles. The van der Waals surface area contributed by atoms with Crippen LogP contribution >= 0.6 is 11.6 Å². The lowest BCUT2D eigenvalue weighted by atomic mass is 10.1. The summed E-state index contributed by atoms with van der Waals surface area (Å²) in [5.41, 5.74) is 3.77. The van der Waals surface area contributed by atoms with Crippen molar-refractivity contribution < 1.29 is 9.59 Å². The van der Waals surface area contributed by atoms with E-state index in [-0.39, 0.29) is 18.4 Å². The molecule has 2 amide bonds. The molecule has 32 heavy (non-hydrogen) atoms. The van der Waals surface area contributed by atoms with Gasteiger partial charge in [0.1, 0.15) is 12.4 Å². The Bertz CT molecular complexity index is 1280. The van der Waals surface area contributed by atoms with Crippen LogP contribution in [0.3, 0.4) is 0 Å². The van der Waals surface area contributed by atoms with E-state index in [1.807, 2.05) is 60.9 Å². The van der Waals surface area contributed by atoms with Gasteiger partial charge in [-0.1, -0.05) is 53.6 Å². The highest BCUT2D eigenvalue weighted by Crippen LogP contribution is 2.23. The number of carbonyl (C=O) groups is 2. The molecule has 0 aliphatic rings. The van der Waals surface area contributed by atoms with Crippen molar-refractivity contribution in [2.24, 2.45) is 0 Å². The Kier molecular flexibility index (Phi) is 6.23. The van der Waals surface area contributed by atoms with Crippen LogP contribution in [-0.4, -0.2) is 21.4 Å². The number of amides is 2. The Morgan fingerprint density at radius 3 is 2.44 bits per heavy atom. The summed E-state index contributed by atoms with van der Waals surface area (Å²) in [5.74, 6) is 0.164. The van der Waals surface area contributed by atoms with E-state index < -0.39 is 6.04 Å². The fraction of sp³-hybridized carbons (Fsp3) is 0.160. The molecule has 0 aliphatic heterocycles. The van der Waals surface area contributed by atoms with Gasteiger partial charge in [0.25, 0.3) is 5.91 Å². The van der Waals surface area contributed by atoms with Crippen LogP contribution in [0.5, 0.6) is 0 Å². The Morgan fingerprint density at radius 2 is 1.69 bits per heavy atom. The molecule has 2 N–H and O–H groups in total. The number of rotatable bonds is 6. The van der Waals surface area contributed by atoms with E-state index in [1.54, 1.807) is 30.3 Å². The predicted molar refractivity (Wildman–Crippen MR) is 127 cm³/mol. The summed E-state index contributed by atoms with van der Waals surface area (Å²) in [6.07, 6.45) is 0. The van der Waals surface area contributed by atoms with Gasteiger partial charge in [0.15, 0.2) is 0 Å². The third-order valence-corrected chi connectivity index (χ3v) is 5.51. The maximum atomic E-state index is 12.8. The van der Waals surface area contributed by atoms with Gasteiger partial charge >= 0.3 is 0 Å². The van der Waals surface area contributed by atoms with Crippen molar-refractivity contribution in [3.05, 3.63) is 94.8 Å². The minimum atomic E-state index is -0.413. The second-order valence-electron chi connectivity index (χ2n) is 7.63. The maximum Gasteiger partial charge on any atom is 0.251 e. The number of aromatic nitrogens is 2. The number of anilines is 1. The first-order valence-electron chi connectivity index (χ1n) is 10.3. The molecule has 7 heteroatoms. The molecule has 1 heterocycles. The molecule has 1 unspecified atom stereocenters. The van der Waals surface area contributed by atoms with E-state index in [2.05, 4.69) is 10.6 Å². The van der Waals surface area contributed by atoms with Gasteiger partial charge in [-0.05, 0) is 50.2 Å². The lowest BCUT2D eigenvalue weighted by Crippen LogP contribution is -2.30. The van der Waals surface area contributed by atoms with Crippen LogP contribution in [0.4, 0.5) is 5.69 Å². The molecule has 1 atom stereocenters. The van der Waals surface area contributed by atoms with Crippen molar-refractivity contribution in [1.82, 2.24) is 14.9 Å². The zero-order valence-electron chi connectivity index (χ0n) is 17.8. The van der Waals surface area contributed by atoms with Crippen molar-refractivity contribution >= 4 is 40.1 Å². The molecule has 3 aromatic carbocycles. The summed E-state index contributed by atoms with van der Waals surface area (Å²) in [4.78, 5) is 30.2. The van der Waals surface area contributed by atoms with Crippen LogP contribution in [0.25, 0.3) is 11.0 Å². The average Bonchev–Trinajstić information content (AvgIpc) is 3.14. The first-order valence-corrected chi connectivity index (χ1v) is 10.7. The smallest absolute Gasteiger partial charge is 0.251 e. The second kappa shape index (κ2) is 9.24. The van der Waals surface area contributed by atoms with E-state index in [9.17, 15) is 9.59 Å². The Balaban J connectivity index is 1.59. The van der Waals surface area contributed by atoms with Gasteiger partial charge in [0.05, 0.1) is 27.8 Å². The minimum absolute atomic E-state index is 0.0335. The number of hydrogen-bond acceptors (Lipinski definition) is 3. The summed E-state index contributed by atoms with van der Waals surface area (Å²) < 4.78 is 1.82. The average molecular weight is 447 g/mol. The van der Waals surface area contributed by atoms with Crippen molar-refractivity contribution in [3.63, 3.8) is 0 Å². The van der Waals surface area contributed by atoms with Gasteiger partial charge in [-0.25, -0.2) is 4.98 Å². The normalized spacial score (nSPS) is 11.8. The number of benzene rings is 3. The van der Waals surface area contributed by atoms with E-state index in [0.29, 0.717) is 22.1 Å². The van der Waals surface area contributed by atoms with E-state index in [4.69, 9.17) is 16.6 Å². The molecule has 162 valence electrons. The number of nitrogens with one attached hydrogen (secondary N) is 2. The highest BCUT2D eigenvalue weighted by molar-refractivity contribution is 6.33. The standard InChI is InChI=1S/C25H23ClN4O2/c1-16-11-13-18(14-12-16)25(32)27-17(2)24-29-21-9-5-6-10-22(21)30(24)15-23(31)28-20-8-4-3-7-19(20)26/h3-14,17H,15H2,1-2H3,(H,27,32)(H,28,31). The summed E-state index contributed by atoms with van der Waals surface area (Å²) in [6, 6.07) is 21.6. The summed E-state index contributed by atoms with van der Waals surface area (Å²) in [7, 11) is 0. The van der Waals surface area contributed by atoms with Gasteiger partial charge in [0, 0.05) is 5.56 Å². The molecule has 4 aromatic rings. The zero-order valence-corrected chi connectivity index (χ0v) is 18.6. The lowest BCUT2D eigenvalue weighted by Gasteiger charge is -2.17. The van der Waals surface area contributed by atoms with Crippen molar-refractivity contribution in [2.45, 2.75) is 26.4 Å². The van der Waals surface area contributed by atoms with Crippen LogP contribution in [0, 0.1) is 6.92 Å². The molecule has 0 radical (unpaired) electrons. The van der Waals surface area contributed by atoms with Crippen molar-refractivity contribution in [2.75, 3.05) is 5.32 Å². The van der Waals surface area contributed by atoms with Gasteiger partial charge < -0.3 is 15.2 Å². The van der Waals surface area contributed by atoms with E-state index in [1.165, 1.54) is 0 Å². The van der Waals surface area contributed by atoms with Gasteiger partial charge in [-0.15, -0.1) is 0 Å². The molecular weight excluding hydrogens is 424 g/mol. The van der Waals surface area contributed by atoms with Gasteiger partial charge in [-0.2, -0.15) is 0 Å². The fourth-order valence-corrected chi connectivity index (χ4v) is 3.72. The number of fused-ring (bicyclic) bond motifs is 1. The van der Waals surface area contributed by atoms with Crippen LogP contribution in [0.1, 0.15) is 34.7 Å². The number of nitrogens with zero attached hydrogens (tertiary/aromatic N) is 2.